The van der Waals surface area contributed by atoms with Crippen LogP contribution in [-0.2, 0) is 10.4 Å². The van der Waals surface area contributed by atoms with Crippen LogP contribution in [0.4, 0.5) is 14.9 Å². The number of pyridine rings is 1. The molecule has 2 aliphatic heterocycles. The lowest BCUT2D eigenvalue weighted by Gasteiger charge is -2.15. The molecule has 0 aliphatic carbocycles. The summed E-state index contributed by atoms with van der Waals surface area (Å²) in [6.45, 7) is 1.62. The summed E-state index contributed by atoms with van der Waals surface area (Å²) in [7, 11) is 0. The third-order valence-corrected chi connectivity index (χ3v) is 4.42. The molecular weight excluding hydrogens is 355 g/mol. The van der Waals surface area contributed by atoms with Gasteiger partial charge in [0.2, 0.25) is 5.66 Å². The summed E-state index contributed by atoms with van der Waals surface area (Å²) >= 11 is 0. The first-order valence-electron chi connectivity index (χ1n) is 8.20. The zero-order chi connectivity index (χ0) is 19.0. The number of hydrogen-bond donors (Lipinski definition) is 1. The quantitative estimate of drug-likeness (QED) is 0.890. The molecule has 1 saturated heterocycles. The zero-order valence-corrected chi connectivity index (χ0v) is 14.3. The highest BCUT2D eigenvalue weighted by Crippen LogP contribution is 2.32. The van der Waals surface area contributed by atoms with Crippen molar-refractivity contribution in [3.63, 3.8) is 0 Å². The number of amides is 1. The maximum atomic E-state index is 14.6. The van der Waals surface area contributed by atoms with E-state index in [1.165, 1.54) is 17.2 Å². The summed E-state index contributed by atoms with van der Waals surface area (Å²) in [5, 5.41) is 23.9. The van der Waals surface area contributed by atoms with E-state index in [4.69, 9.17) is 9.84 Å². The molecule has 0 saturated carbocycles. The number of aliphatic hydroxyl groups excluding tert-OH is 1. The monoisotopic (exact) mass is 370 g/mol. The number of cyclic esters (lactones) is 1. The second-order valence-corrected chi connectivity index (χ2v) is 6.29. The van der Waals surface area contributed by atoms with Crippen LogP contribution in [0.5, 0.6) is 0 Å². The summed E-state index contributed by atoms with van der Waals surface area (Å²) in [4.78, 5) is 17.4. The Balaban J connectivity index is 1.59. The van der Waals surface area contributed by atoms with Crippen LogP contribution in [0.1, 0.15) is 12.6 Å². The molecule has 2 aliphatic rings. The van der Waals surface area contributed by atoms with Gasteiger partial charge in [0.25, 0.3) is 0 Å². The lowest BCUT2D eigenvalue weighted by Crippen LogP contribution is -2.25. The topological polar surface area (TPSA) is 112 Å². The zero-order valence-electron chi connectivity index (χ0n) is 14.3. The largest absolute Gasteiger partial charge is 0.441 e. The maximum Gasteiger partial charge on any atom is 0.414 e. The van der Waals surface area contributed by atoms with E-state index < -0.39 is 23.7 Å². The minimum Gasteiger partial charge on any atom is -0.441 e. The van der Waals surface area contributed by atoms with Crippen molar-refractivity contribution in [2.75, 3.05) is 18.1 Å². The Labute approximate surface area is 153 Å². The normalized spacial score (nSPS) is 20.3. The number of rotatable bonds is 4. The van der Waals surface area contributed by atoms with Gasteiger partial charge in [-0.15, -0.1) is 10.2 Å². The predicted octanol–water partition coefficient (Wildman–Crippen LogP) is 3.21. The molecule has 0 spiro atoms. The first-order valence-corrected chi connectivity index (χ1v) is 8.20. The van der Waals surface area contributed by atoms with Crippen LogP contribution in [-0.4, -0.2) is 35.4 Å². The molecule has 10 heteroatoms. The highest BCUT2D eigenvalue weighted by Gasteiger charge is 2.33. The number of benzene rings is 1. The Kier molecular flexibility index (Phi) is 4.11. The molecule has 2 aromatic rings. The number of carbonyl (C=O) groups excluding carboxylic acids is 1. The summed E-state index contributed by atoms with van der Waals surface area (Å²) in [6, 6.07) is 7.84. The lowest BCUT2D eigenvalue weighted by molar-refractivity contribution is 0.0963. The Hall–Kier alpha value is -3.27. The molecule has 27 heavy (non-hydrogen) atoms. The van der Waals surface area contributed by atoms with Gasteiger partial charge in [-0.2, -0.15) is 0 Å². The average Bonchev–Trinajstić information content (AvgIpc) is 3.28. The van der Waals surface area contributed by atoms with E-state index in [2.05, 4.69) is 25.7 Å². The molecule has 3 heterocycles. The van der Waals surface area contributed by atoms with Gasteiger partial charge in [0.05, 0.1) is 24.5 Å². The van der Waals surface area contributed by atoms with Crippen molar-refractivity contribution in [1.29, 1.82) is 0 Å². The lowest BCUT2D eigenvalue weighted by atomic mass is 10.0. The molecule has 1 aromatic carbocycles. The Morgan fingerprint density at radius 3 is 2.67 bits per heavy atom. The fourth-order valence-electron chi connectivity index (χ4n) is 2.90. The number of carbonyl (C=O) groups is 1. The molecule has 1 fully saturated rings. The number of ether oxygens (including phenoxy) is 1. The van der Waals surface area contributed by atoms with Crippen molar-refractivity contribution in [1.82, 2.24) is 4.98 Å². The first kappa shape index (κ1) is 17.2. The Bertz CT molecular complexity index is 934. The van der Waals surface area contributed by atoms with Crippen molar-refractivity contribution in [3.05, 3.63) is 48.0 Å². The Morgan fingerprint density at radius 1 is 1.30 bits per heavy atom. The Morgan fingerprint density at radius 2 is 2.07 bits per heavy atom. The average molecular weight is 370 g/mol. The van der Waals surface area contributed by atoms with Gasteiger partial charge in [0.15, 0.2) is 0 Å². The first-order chi connectivity index (χ1) is 13.0. The van der Waals surface area contributed by atoms with Crippen LogP contribution in [0.25, 0.3) is 11.1 Å². The standard InChI is InChI=1S/C17H15FN6O3/c1-17(20-22-23-21-17)15-5-2-10(7-19-15)13-4-3-11(6-14(13)18)24-8-12(9-25)27-16(24)26/h2-7,12,25H,8-9H2,1H3/t12-/m1/s1. The van der Waals surface area contributed by atoms with E-state index in [1.54, 1.807) is 31.2 Å². The molecule has 9 nitrogen and oxygen atoms in total. The highest BCUT2D eigenvalue weighted by molar-refractivity contribution is 5.90. The predicted molar refractivity (Wildman–Crippen MR) is 91.4 cm³/mol. The van der Waals surface area contributed by atoms with Gasteiger partial charge in [-0.05, 0) is 41.6 Å². The molecular formula is C17H15FN6O3. The van der Waals surface area contributed by atoms with E-state index in [-0.39, 0.29) is 13.2 Å². The van der Waals surface area contributed by atoms with Crippen molar-refractivity contribution in [2.24, 2.45) is 20.7 Å². The summed E-state index contributed by atoms with van der Waals surface area (Å²) in [5.74, 6) is -0.506. The second kappa shape index (κ2) is 6.47. The number of halogens is 1. The fraction of sp³-hybridized carbons (Fsp3) is 0.294. The van der Waals surface area contributed by atoms with Crippen LogP contribution >= 0.6 is 0 Å². The molecule has 1 atom stereocenters. The van der Waals surface area contributed by atoms with Gasteiger partial charge < -0.3 is 9.84 Å². The van der Waals surface area contributed by atoms with E-state index >= 15 is 0 Å². The summed E-state index contributed by atoms with van der Waals surface area (Å²) < 4.78 is 19.6. The molecule has 138 valence electrons. The summed E-state index contributed by atoms with van der Waals surface area (Å²) in [5.41, 5.74) is 0.851. The van der Waals surface area contributed by atoms with Gasteiger partial charge >= 0.3 is 6.09 Å². The molecule has 1 aromatic heterocycles. The third-order valence-electron chi connectivity index (χ3n) is 4.42. The van der Waals surface area contributed by atoms with Gasteiger partial charge in [0, 0.05) is 17.3 Å². The third kappa shape index (κ3) is 3.04. The number of aliphatic hydroxyl groups is 1. The van der Waals surface area contributed by atoms with Gasteiger partial charge in [-0.3, -0.25) is 9.88 Å². The van der Waals surface area contributed by atoms with E-state index in [0.717, 1.165) is 0 Å². The van der Waals surface area contributed by atoms with E-state index in [0.29, 0.717) is 22.5 Å². The molecule has 0 radical (unpaired) electrons. The van der Waals surface area contributed by atoms with Crippen LogP contribution in [0.3, 0.4) is 0 Å². The van der Waals surface area contributed by atoms with E-state index in [1.807, 2.05) is 0 Å². The number of hydrogen-bond acceptors (Lipinski definition) is 8. The van der Waals surface area contributed by atoms with Crippen LogP contribution in [0.15, 0.2) is 57.2 Å². The van der Waals surface area contributed by atoms with Crippen molar-refractivity contribution in [2.45, 2.75) is 18.7 Å². The second-order valence-electron chi connectivity index (χ2n) is 6.29. The highest BCUT2D eigenvalue weighted by atomic mass is 19.1. The fourth-order valence-corrected chi connectivity index (χ4v) is 2.90. The van der Waals surface area contributed by atoms with Crippen LogP contribution in [0, 0.1) is 5.82 Å². The molecule has 0 bridgehead atoms. The number of nitrogens with zero attached hydrogens (tertiary/aromatic N) is 6. The van der Waals surface area contributed by atoms with Gasteiger partial charge in [-0.1, -0.05) is 6.07 Å². The van der Waals surface area contributed by atoms with Crippen molar-refractivity contribution < 1.29 is 19.0 Å². The van der Waals surface area contributed by atoms with E-state index in [9.17, 15) is 9.18 Å². The van der Waals surface area contributed by atoms with Crippen LogP contribution in [0.2, 0.25) is 0 Å². The molecule has 0 unspecified atom stereocenters. The minimum atomic E-state index is -0.958. The number of anilines is 1. The SMILES string of the molecule is CC1(c2ccc(-c3ccc(N4C[C@H](CO)OC4=O)cc3F)cn2)N=NN=N1. The van der Waals surface area contributed by atoms with Gasteiger partial charge in [-0.25, -0.2) is 9.18 Å². The summed E-state index contributed by atoms with van der Waals surface area (Å²) in [6.07, 6.45) is 0.303. The molecule has 1 amide bonds. The van der Waals surface area contributed by atoms with Crippen molar-refractivity contribution in [3.8, 4) is 11.1 Å². The van der Waals surface area contributed by atoms with Crippen molar-refractivity contribution >= 4 is 11.8 Å². The number of aromatic nitrogens is 1. The van der Waals surface area contributed by atoms with Gasteiger partial charge in [0.1, 0.15) is 11.9 Å². The molecule has 1 N–H and O–H groups in total. The van der Waals surface area contributed by atoms with Crippen LogP contribution < -0.4 is 4.90 Å². The minimum absolute atomic E-state index is 0.173. The maximum absolute atomic E-state index is 14.6. The smallest absolute Gasteiger partial charge is 0.414 e. The molecule has 4 rings (SSSR count).